The number of ketones is 6. The average molecular weight is 1620 g/mol. The van der Waals surface area contributed by atoms with Crippen LogP contribution < -0.4 is 60.2 Å². The van der Waals surface area contributed by atoms with Gasteiger partial charge in [0.05, 0.1) is 36.8 Å². The third-order valence-electron chi connectivity index (χ3n) is 18.4. The van der Waals surface area contributed by atoms with Crippen LogP contribution in [-0.4, -0.2) is 248 Å². The van der Waals surface area contributed by atoms with E-state index in [0.717, 1.165) is 6.92 Å². The Labute approximate surface area is 660 Å². The standard InChI is InChI=1S/C73H118N14O25S/c1-7-55(90)49(15-10-30-79-73(76)77)84-68(108)44(13-9-29-78-72(74)75)35-48(89)38-80-67(107)42(4)34-57(92)53(40-113-6)83-60(95)18-8-14-47(33-41(2)3)82-71(111)54-16-11-31-87(54)61(96)39-112-32-12-17-56(91)50(21-26-64(101)102)85-69(109)46(20-25-63(99)100)37-59(94)52(23-28-66(105)106)86-70(110)45(19-24-62(97)98)36-58(93)51(81-43(5)88)22-27-65(103)104/h41-42,44-47,49-54H,7-40H2,1-6H3,(H,80,107)(H,81,88)(H,82,111)(H,83,95)(H,84,108)(H,85,109)(H,86,110)(H,97,98)(H,99,100)(H,101,102)(H,103,104)(H,105,106)(H4,74,75,78)(H4,76,77,79)/t42-,44+,45+,46+,47-,49-,50-,51-,52-,53+,54+/m1/s1. The van der Waals surface area contributed by atoms with E-state index in [9.17, 15) is 117 Å². The molecule has 0 aromatic heterocycles. The third kappa shape index (κ3) is 44.7. The molecule has 0 unspecified atom stereocenters. The number of nitrogens with two attached hydrogens (primary N) is 4. The Balaban J connectivity index is 3.06. The predicted molar refractivity (Wildman–Crippen MR) is 409 cm³/mol. The Bertz CT molecular complexity index is 3330. The normalized spacial score (nSPS) is 15.1. The maximum atomic E-state index is 14.0. The molecular formula is C73H118N14O25S. The second-order valence-corrected chi connectivity index (χ2v) is 29.4. The fraction of sp³-hybridized carbons (Fsp3) is 0.712. The van der Waals surface area contributed by atoms with Gasteiger partial charge in [0.15, 0.2) is 46.6 Å². The van der Waals surface area contributed by atoms with E-state index >= 15 is 0 Å². The molecule has 1 aliphatic rings. The number of hydrogen-bond acceptors (Lipinski definition) is 23. The predicted octanol–water partition coefficient (Wildman–Crippen LogP) is -0.301. The zero-order chi connectivity index (χ0) is 85.4. The van der Waals surface area contributed by atoms with Gasteiger partial charge in [-0.15, -0.1) is 0 Å². The molecule has 0 saturated carbocycles. The number of guanidine groups is 2. The molecular weight excluding hydrogens is 1500 g/mol. The molecule has 636 valence electrons. The summed E-state index contributed by atoms with van der Waals surface area (Å²) in [4.78, 5) is 256. The fourth-order valence-corrected chi connectivity index (χ4v) is 13.0. The lowest BCUT2D eigenvalue weighted by Gasteiger charge is -2.27. The molecule has 0 radical (unpaired) electrons. The van der Waals surface area contributed by atoms with Crippen molar-refractivity contribution < 1.29 is 121 Å². The van der Waals surface area contributed by atoms with Crippen molar-refractivity contribution >= 4 is 135 Å². The third-order valence-corrected chi connectivity index (χ3v) is 19.0. The molecule has 1 heterocycles. The Morgan fingerprint density at radius 3 is 1.42 bits per heavy atom. The molecule has 113 heavy (non-hydrogen) atoms. The van der Waals surface area contributed by atoms with Gasteiger partial charge in [0.25, 0.3) is 0 Å². The number of nitrogens with zero attached hydrogens (tertiary/aromatic N) is 3. The maximum Gasteiger partial charge on any atom is 0.303 e. The van der Waals surface area contributed by atoms with Crippen LogP contribution in [0.5, 0.6) is 0 Å². The number of likely N-dealkylation sites (tertiary alicyclic amines) is 1. The number of nitrogens with one attached hydrogen (secondary N) is 7. The van der Waals surface area contributed by atoms with Gasteiger partial charge in [-0.3, -0.25) is 101 Å². The van der Waals surface area contributed by atoms with Gasteiger partial charge in [0.2, 0.25) is 47.3 Å². The molecule has 1 fully saturated rings. The number of ether oxygens (including phenoxy) is 1. The van der Waals surface area contributed by atoms with Crippen molar-refractivity contribution in [3.8, 4) is 0 Å². The van der Waals surface area contributed by atoms with Crippen molar-refractivity contribution in [3.63, 3.8) is 0 Å². The second kappa shape index (κ2) is 55.4. The van der Waals surface area contributed by atoms with E-state index in [-0.39, 0.29) is 113 Å². The Kier molecular flexibility index (Phi) is 49.5. The van der Waals surface area contributed by atoms with Crippen LogP contribution in [0, 0.1) is 29.6 Å². The van der Waals surface area contributed by atoms with Crippen molar-refractivity contribution in [1.82, 2.24) is 42.1 Å². The van der Waals surface area contributed by atoms with E-state index in [1.54, 1.807) is 13.2 Å². The van der Waals surface area contributed by atoms with Gasteiger partial charge in [-0.2, -0.15) is 11.8 Å². The van der Waals surface area contributed by atoms with Gasteiger partial charge in [-0.05, 0) is 108 Å². The van der Waals surface area contributed by atoms with Crippen molar-refractivity contribution in [3.05, 3.63) is 0 Å². The van der Waals surface area contributed by atoms with Crippen LogP contribution in [0.1, 0.15) is 208 Å². The molecule has 8 amide bonds. The number of thioether (sulfide) groups is 1. The maximum absolute atomic E-state index is 14.0. The van der Waals surface area contributed by atoms with Gasteiger partial charge in [-0.1, -0.05) is 27.7 Å². The number of carbonyl (C=O) groups is 19. The monoisotopic (exact) mass is 1620 g/mol. The first kappa shape index (κ1) is 101. The SMILES string of the molecule is CCC(=O)[C@@H](CCCN=C(N)N)NC(=O)[C@@H](CCCN=C(N)N)CC(=O)CNC(=O)[C@H](C)CC(=O)[C@H](CSC)NC(=O)CCC[C@H](CC(C)C)NC(=O)[C@@H]1CCCN1C(=O)COCCCC(=O)[C@@H](CCC(=O)O)NC(=O)[C@@H](CCC(=O)O)CC(=O)[C@@H](CCC(=O)O)NC(=O)[C@@H](CCC(=O)O)CC(=O)[C@@H](CCC(=O)O)NC(C)=O. The average Bonchev–Trinajstić information content (AvgIpc) is 1.75. The summed E-state index contributed by atoms with van der Waals surface area (Å²) in [5, 5.41) is 65.3. The Morgan fingerprint density at radius 1 is 0.496 bits per heavy atom. The molecule has 1 saturated heterocycles. The van der Waals surface area contributed by atoms with E-state index in [1.807, 2.05) is 13.8 Å². The number of carboxylic acid groups (broad SMARTS) is 5. The van der Waals surface area contributed by atoms with E-state index < -0.39 is 262 Å². The van der Waals surface area contributed by atoms with Gasteiger partial charge in [-0.25, -0.2) is 0 Å². The summed E-state index contributed by atoms with van der Waals surface area (Å²) >= 11 is 1.29. The Hall–Kier alpha value is -10.0. The highest BCUT2D eigenvalue weighted by Gasteiger charge is 2.38. The molecule has 0 aliphatic carbocycles. The molecule has 11 atom stereocenters. The van der Waals surface area contributed by atoms with Crippen molar-refractivity contribution in [2.45, 2.75) is 250 Å². The number of carbonyl (C=O) groups excluding carboxylic acids is 14. The topological polar surface area (TPSA) is 651 Å². The molecule has 20 N–H and O–H groups in total. The van der Waals surface area contributed by atoms with E-state index in [0.29, 0.717) is 38.5 Å². The molecule has 0 aromatic carbocycles. The number of aliphatic carboxylic acids is 5. The number of carboxylic acids is 5. The lowest BCUT2D eigenvalue weighted by Crippen LogP contribution is -2.50. The number of aliphatic imine (C=N–C) groups is 2. The van der Waals surface area contributed by atoms with Crippen LogP contribution in [0.3, 0.4) is 0 Å². The zero-order valence-corrected chi connectivity index (χ0v) is 66.2. The summed E-state index contributed by atoms with van der Waals surface area (Å²) in [6, 6.07) is -7.89. The van der Waals surface area contributed by atoms with Crippen LogP contribution in [0.2, 0.25) is 0 Å². The van der Waals surface area contributed by atoms with E-state index in [2.05, 4.69) is 47.2 Å². The molecule has 0 aromatic rings. The van der Waals surface area contributed by atoms with Crippen molar-refractivity contribution in [2.75, 3.05) is 51.4 Å². The molecule has 0 bridgehead atoms. The van der Waals surface area contributed by atoms with Crippen molar-refractivity contribution in [1.29, 1.82) is 0 Å². The summed E-state index contributed by atoms with van der Waals surface area (Å²) < 4.78 is 5.63. The zero-order valence-electron chi connectivity index (χ0n) is 65.4. The minimum Gasteiger partial charge on any atom is -0.481 e. The lowest BCUT2D eigenvalue weighted by molar-refractivity contribution is -0.142. The first-order valence-corrected chi connectivity index (χ1v) is 39.3. The smallest absolute Gasteiger partial charge is 0.303 e. The first-order chi connectivity index (χ1) is 53.2. The molecule has 1 rings (SSSR count). The molecule has 40 heteroatoms. The van der Waals surface area contributed by atoms with Crippen LogP contribution >= 0.6 is 11.8 Å². The van der Waals surface area contributed by atoms with Crippen LogP contribution in [0.4, 0.5) is 0 Å². The first-order valence-electron chi connectivity index (χ1n) is 37.9. The Morgan fingerprint density at radius 2 is 0.956 bits per heavy atom. The molecule has 1 aliphatic heterocycles. The van der Waals surface area contributed by atoms with E-state index in [1.165, 1.54) is 23.6 Å². The lowest BCUT2D eigenvalue weighted by atomic mass is 9.89. The summed E-state index contributed by atoms with van der Waals surface area (Å²) in [6.07, 6.45) is -3.96. The van der Waals surface area contributed by atoms with Gasteiger partial charge in [0, 0.05) is 146 Å². The summed E-state index contributed by atoms with van der Waals surface area (Å²) in [7, 11) is 0. The van der Waals surface area contributed by atoms with Gasteiger partial charge >= 0.3 is 29.8 Å². The summed E-state index contributed by atoms with van der Waals surface area (Å²) in [5.74, 6) is -21.4. The highest BCUT2D eigenvalue weighted by atomic mass is 32.2. The second-order valence-electron chi connectivity index (χ2n) is 28.5. The van der Waals surface area contributed by atoms with Crippen molar-refractivity contribution in [2.24, 2.45) is 62.5 Å². The van der Waals surface area contributed by atoms with Crippen LogP contribution in [0.15, 0.2) is 9.98 Å². The van der Waals surface area contributed by atoms with Crippen LogP contribution in [-0.2, 0) is 95.8 Å². The van der Waals surface area contributed by atoms with E-state index in [4.69, 9.17) is 27.7 Å². The number of amides is 8. The number of hydrogen-bond donors (Lipinski definition) is 16. The van der Waals surface area contributed by atoms with Gasteiger partial charge in [0.1, 0.15) is 12.6 Å². The van der Waals surface area contributed by atoms with Gasteiger partial charge < -0.3 is 95.3 Å². The van der Waals surface area contributed by atoms with Crippen LogP contribution in [0.25, 0.3) is 0 Å². The molecule has 0 spiro atoms. The highest BCUT2D eigenvalue weighted by Crippen LogP contribution is 2.24. The minimum absolute atomic E-state index is 0.0394. The highest BCUT2D eigenvalue weighted by molar-refractivity contribution is 7.98. The summed E-state index contributed by atoms with van der Waals surface area (Å²) in [5.41, 5.74) is 21.7. The number of rotatable bonds is 64. The quantitative estimate of drug-likeness (QED) is 0.0211. The number of Topliss-reactive ketones (excluding diaryl/α,β-unsaturated/α-hetero) is 6. The fourth-order valence-electron chi connectivity index (χ4n) is 12.4. The minimum atomic E-state index is -1.75. The molecule has 39 nitrogen and oxygen atoms in total. The summed E-state index contributed by atoms with van der Waals surface area (Å²) in [6.45, 7) is 7.43. The largest absolute Gasteiger partial charge is 0.481 e.